The standard InChI is InChI=1S/C17H24N4O3/c1-11(2)9-18-16(22)17(23)19-10-14(15-6-5-7-24-15)21-13(4)8-12(3)20-21/h5-8,11,14H,9-10H2,1-4H3,(H,18,22)(H,19,23). The molecule has 2 aromatic heterocycles. The average molecular weight is 332 g/mol. The first-order valence-corrected chi connectivity index (χ1v) is 8.00. The minimum absolute atomic E-state index is 0.212. The summed E-state index contributed by atoms with van der Waals surface area (Å²) in [4.78, 5) is 23.8. The molecule has 24 heavy (non-hydrogen) atoms. The monoisotopic (exact) mass is 332 g/mol. The third-order valence-electron chi connectivity index (χ3n) is 3.54. The number of amides is 2. The van der Waals surface area contributed by atoms with E-state index in [2.05, 4.69) is 15.7 Å². The molecule has 130 valence electrons. The van der Waals surface area contributed by atoms with Gasteiger partial charge in [-0.25, -0.2) is 0 Å². The van der Waals surface area contributed by atoms with Crippen molar-refractivity contribution < 1.29 is 14.0 Å². The maximum Gasteiger partial charge on any atom is 0.309 e. The van der Waals surface area contributed by atoms with Crippen molar-refractivity contribution in [3.8, 4) is 0 Å². The van der Waals surface area contributed by atoms with E-state index in [0.29, 0.717) is 12.3 Å². The van der Waals surface area contributed by atoms with Gasteiger partial charge < -0.3 is 15.1 Å². The van der Waals surface area contributed by atoms with Gasteiger partial charge in [0.15, 0.2) is 0 Å². The topological polar surface area (TPSA) is 89.2 Å². The number of aryl methyl sites for hydroxylation is 2. The van der Waals surface area contributed by atoms with Gasteiger partial charge in [-0.1, -0.05) is 13.8 Å². The molecule has 0 aliphatic carbocycles. The van der Waals surface area contributed by atoms with Gasteiger partial charge in [-0.05, 0) is 38.0 Å². The van der Waals surface area contributed by atoms with Crippen molar-refractivity contribution in [3.05, 3.63) is 41.6 Å². The SMILES string of the molecule is Cc1cc(C)n(C(CNC(=O)C(=O)NCC(C)C)c2ccco2)n1. The number of nitrogens with zero attached hydrogens (tertiary/aromatic N) is 2. The number of furan rings is 1. The molecule has 0 aromatic carbocycles. The van der Waals surface area contributed by atoms with E-state index in [1.807, 2.05) is 39.8 Å². The van der Waals surface area contributed by atoms with Crippen molar-refractivity contribution in [2.45, 2.75) is 33.7 Å². The zero-order valence-corrected chi connectivity index (χ0v) is 14.5. The minimum Gasteiger partial charge on any atom is -0.467 e. The molecule has 0 aliphatic heterocycles. The summed E-state index contributed by atoms with van der Waals surface area (Å²) in [5.74, 6) is -0.333. The molecule has 0 aliphatic rings. The second-order valence-electron chi connectivity index (χ2n) is 6.22. The lowest BCUT2D eigenvalue weighted by molar-refractivity contribution is -0.139. The highest BCUT2D eigenvalue weighted by atomic mass is 16.3. The number of carbonyl (C=O) groups is 2. The molecule has 1 unspecified atom stereocenters. The Bertz CT molecular complexity index is 689. The molecular formula is C17H24N4O3. The smallest absolute Gasteiger partial charge is 0.309 e. The molecule has 0 bridgehead atoms. The molecule has 2 rings (SSSR count). The summed E-state index contributed by atoms with van der Waals surface area (Å²) < 4.78 is 7.27. The van der Waals surface area contributed by atoms with Crippen LogP contribution in [0.4, 0.5) is 0 Å². The van der Waals surface area contributed by atoms with Crippen LogP contribution in [0.1, 0.15) is 37.0 Å². The second-order valence-corrected chi connectivity index (χ2v) is 6.22. The molecule has 2 N–H and O–H groups in total. The molecule has 1 atom stereocenters. The fourth-order valence-electron chi connectivity index (χ4n) is 2.40. The average Bonchev–Trinajstić information content (AvgIpc) is 3.15. The summed E-state index contributed by atoms with van der Waals surface area (Å²) in [6.45, 7) is 8.45. The summed E-state index contributed by atoms with van der Waals surface area (Å²) in [6.07, 6.45) is 1.57. The molecule has 2 heterocycles. The third kappa shape index (κ3) is 4.47. The van der Waals surface area contributed by atoms with Crippen molar-refractivity contribution in [1.29, 1.82) is 0 Å². The summed E-state index contributed by atoms with van der Waals surface area (Å²) in [7, 11) is 0. The Hall–Kier alpha value is -2.57. The number of carbonyl (C=O) groups excluding carboxylic acids is 2. The molecule has 0 saturated heterocycles. The molecular weight excluding hydrogens is 308 g/mol. The van der Waals surface area contributed by atoms with Crippen LogP contribution >= 0.6 is 0 Å². The van der Waals surface area contributed by atoms with E-state index < -0.39 is 11.8 Å². The third-order valence-corrected chi connectivity index (χ3v) is 3.54. The fourth-order valence-corrected chi connectivity index (χ4v) is 2.40. The van der Waals surface area contributed by atoms with Gasteiger partial charge in [0, 0.05) is 18.8 Å². The van der Waals surface area contributed by atoms with Crippen LogP contribution in [0.15, 0.2) is 28.9 Å². The van der Waals surface area contributed by atoms with Crippen LogP contribution in [-0.2, 0) is 9.59 Å². The summed E-state index contributed by atoms with van der Waals surface area (Å²) in [5.41, 5.74) is 1.83. The van der Waals surface area contributed by atoms with Gasteiger partial charge in [-0.3, -0.25) is 14.3 Å². The van der Waals surface area contributed by atoms with Crippen LogP contribution < -0.4 is 10.6 Å². The zero-order valence-electron chi connectivity index (χ0n) is 14.5. The van der Waals surface area contributed by atoms with Crippen molar-refractivity contribution >= 4 is 11.8 Å². The lowest BCUT2D eigenvalue weighted by Crippen LogP contribution is -2.43. The quantitative estimate of drug-likeness (QED) is 0.786. The molecule has 7 heteroatoms. The molecule has 0 saturated carbocycles. The Morgan fingerprint density at radius 3 is 2.38 bits per heavy atom. The van der Waals surface area contributed by atoms with E-state index in [-0.39, 0.29) is 18.5 Å². The Morgan fingerprint density at radius 1 is 1.21 bits per heavy atom. The predicted molar refractivity (Wildman–Crippen MR) is 89.4 cm³/mol. The lowest BCUT2D eigenvalue weighted by Gasteiger charge is -2.18. The number of rotatable bonds is 6. The maximum atomic E-state index is 12.0. The van der Waals surface area contributed by atoms with Crippen molar-refractivity contribution in [1.82, 2.24) is 20.4 Å². The van der Waals surface area contributed by atoms with Crippen LogP contribution in [-0.4, -0.2) is 34.7 Å². The molecule has 0 fully saturated rings. The van der Waals surface area contributed by atoms with Crippen molar-refractivity contribution in [3.63, 3.8) is 0 Å². The van der Waals surface area contributed by atoms with E-state index in [4.69, 9.17) is 4.42 Å². The highest BCUT2D eigenvalue weighted by Crippen LogP contribution is 2.20. The zero-order chi connectivity index (χ0) is 17.7. The van der Waals surface area contributed by atoms with Crippen molar-refractivity contribution in [2.24, 2.45) is 5.92 Å². The normalized spacial score (nSPS) is 12.2. The van der Waals surface area contributed by atoms with Crippen LogP contribution in [0.25, 0.3) is 0 Å². The molecule has 2 amide bonds. The van der Waals surface area contributed by atoms with E-state index in [1.54, 1.807) is 17.0 Å². The van der Waals surface area contributed by atoms with E-state index in [9.17, 15) is 9.59 Å². The number of hydrogen-bond acceptors (Lipinski definition) is 4. The summed E-state index contributed by atoms with van der Waals surface area (Å²) in [6, 6.07) is 5.25. The van der Waals surface area contributed by atoms with E-state index >= 15 is 0 Å². The van der Waals surface area contributed by atoms with Gasteiger partial charge in [0.1, 0.15) is 11.8 Å². The molecule has 0 radical (unpaired) electrons. The first-order valence-electron chi connectivity index (χ1n) is 8.00. The van der Waals surface area contributed by atoms with Gasteiger partial charge in [-0.15, -0.1) is 0 Å². The first kappa shape index (κ1) is 17.8. The number of nitrogens with one attached hydrogen (secondary N) is 2. The van der Waals surface area contributed by atoms with Crippen molar-refractivity contribution in [2.75, 3.05) is 13.1 Å². The van der Waals surface area contributed by atoms with Gasteiger partial charge in [0.25, 0.3) is 0 Å². The molecule has 0 spiro atoms. The van der Waals surface area contributed by atoms with Gasteiger partial charge >= 0.3 is 11.8 Å². The largest absolute Gasteiger partial charge is 0.467 e. The number of aromatic nitrogens is 2. The fraction of sp³-hybridized carbons (Fsp3) is 0.471. The van der Waals surface area contributed by atoms with Gasteiger partial charge in [0.05, 0.1) is 12.0 Å². The van der Waals surface area contributed by atoms with Crippen LogP contribution in [0, 0.1) is 19.8 Å². The van der Waals surface area contributed by atoms with E-state index in [1.165, 1.54) is 0 Å². The predicted octanol–water partition coefficient (Wildman–Crippen LogP) is 1.57. The van der Waals surface area contributed by atoms with Crippen LogP contribution in [0.5, 0.6) is 0 Å². The number of hydrogen-bond donors (Lipinski definition) is 2. The highest BCUT2D eigenvalue weighted by Gasteiger charge is 2.22. The van der Waals surface area contributed by atoms with E-state index in [0.717, 1.165) is 11.4 Å². The Labute approximate surface area is 141 Å². The summed E-state index contributed by atoms with van der Waals surface area (Å²) >= 11 is 0. The molecule has 7 nitrogen and oxygen atoms in total. The lowest BCUT2D eigenvalue weighted by atomic mass is 10.2. The minimum atomic E-state index is -0.659. The second kappa shape index (κ2) is 7.81. The summed E-state index contributed by atoms with van der Waals surface area (Å²) in [5, 5.41) is 9.71. The Morgan fingerprint density at radius 2 is 1.88 bits per heavy atom. The Balaban J connectivity index is 2.06. The first-order chi connectivity index (χ1) is 11.4. The molecule has 2 aromatic rings. The van der Waals surface area contributed by atoms with Gasteiger partial charge in [-0.2, -0.15) is 5.10 Å². The highest BCUT2D eigenvalue weighted by molar-refractivity contribution is 6.35. The Kier molecular flexibility index (Phi) is 5.78. The van der Waals surface area contributed by atoms with Crippen LogP contribution in [0.3, 0.4) is 0 Å². The van der Waals surface area contributed by atoms with Crippen LogP contribution in [0.2, 0.25) is 0 Å². The maximum absolute atomic E-state index is 12.0. The van der Waals surface area contributed by atoms with Gasteiger partial charge in [0.2, 0.25) is 0 Å².